The fourth-order valence-electron chi connectivity index (χ4n) is 10.7. The van der Waals surface area contributed by atoms with E-state index in [0.717, 1.165) is 12.1 Å². The number of rotatable bonds is 44. The number of carboxylic acids is 3. The summed E-state index contributed by atoms with van der Waals surface area (Å²) >= 11 is 3.98. The Balaban J connectivity index is 2.59. The number of phosphoric acid groups is 1. The predicted octanol–water partition coefficient (Wildman–Crippen LogP) is -1.41. The first-order chi connectivity index (χ1) is 46.8. The maximum atomic E-state index is 14.7. The lowest BCUT2D eigenvalue weighted by Crippen LogP contribution is -2.62. The Morgan fingerprint density at radius 2 is 0.901 bits per heavy atom. The van der Waals surface area contributed by atoms with E-state index in [1.54, 1.807) is 83.1 Å². The van der Waals surface area contributed by atoms with E-state index in [1.807, 2.05) is 0 Å². The molecule has 1 aliphatic rings. The highest BCUT2D eigenvalue weighted by atomic mass is 32.1. The summed E-state index contributed by atoms with van der Waals surface area (Å²) in [4.78, 5) is 223. The Labute approximate surface area is 592 Å². The summed E-state index contributed by atoms with van der Waals surface area (Å²) in [5.74, 6) is -18.8. The second-order valence-corrected chi connectivity index (χ2v) is 28.9. The highest BCUT2D eigenvalue weighted by molar-refractivity contribution is 7.80. The summed E-state index contributed by atoms with van der Waals surface area (Å²) in [5.41, 5.74) is 11.3. The molecule has 35 nitrogen and oxygen atoms in total. The molecular formula is C64H104N13O22PS. The van der Waals surface area contributed by atoms with Crippen molar-refractivity contribution >= 4 is 109 Å². The number of benzene rings is 1. The lowest BCUT2D eigenvalue weighted by Gasteiger charge is -2.33. The molecule has 0 unspecified atom stereocenters. The van der Waals surface area contributed by atoms with Gasteiger partial charge >= 0.3 is 25.7 Å². The number of hydrogen-bond acceptors (Lipinski definition) is 19. The average molecular weight is 1470 g/mol. The summed E-state index contributed by atoms with van der Waals surface area (Å²) in [7, 11) is -5.06. The van der Waals surface area contributed by atoms with E-state index in [9.17, 15) is 96.5 Å². The van der Waals surface area contributed by atoms with E-state index in [1.165, 1.54) is 17.0 Å². The number of aliphatic carboxylic acids is 3. The second-order valence-electron chi connectivity index (χ2n) is 27.4. The Morgan fingerprint density at radius 1 is 0.515 bits per heavy atom. The van der Waals surface area contributed by atoms with E-state index < -0.39 is 213 Å². The smallest absolute Gasteiger partial charge is 0.481 e. The Kier molecular flexibility index (Phi) is 36.9. The van der Waals surface area contributed by atoms with E-state index in [2.05, 4.69) is 70.3 Å². The monoisotopic (exact) mass is 1470 g/mol. The fourth-order valence-corrected chi connectivity index (χ4v) is 11.3. The fraction of sp³-hybridized carbons (Fsp3) is 0.672. The summed E-state index contributed by atoms with van der Waals surface area (Å²) in [6, 6.07) is -13.0. The predicted molar refractivity (Wildman–Crippen MR) is 367 cm³/mol. The van der Waals surface area contributed by atoms with Gasteiger partial charge in [0.15, 0.2) is 0 Å². The molecule has 568 valence electrons. The van der Waals surface area contributed by atoms with Gasteiger partial charge in [-0.15, -0.1) is 0 Å². The van der Waals surface area contributed by atoms with Crippen LogP contribution in [-0.4, -0.2) is 204 Å². The molecule has 12 amide bonds. The van der Waals surface area contributed by atoms with Gasteiger partial charge < -0.3 is 89.4 Å². The molecule has 0 bridgehead atoms. The topological polar surface area (TPSA) is 559 Å². The van der Waals surface area contributed by atoms with E-state index >= 15 is 0 Å². The van der Waals surface area contributed by atoms with Crippen LogP contribution in [0.2, 0.25) is 0 Å². The van der Waals surface area contributed by atoms with E-state index in [4.69, 9.17) is 16.6 Å². The number of nitrogens with zero attached hydrogens (tertiary/aromatic N) is 1. The minimum absolute atomic E-state index is 0.00851. The molecule has 101 heavy (non-hydrogen) atoms. The van der Waals surface area contributed by atoms with Crippen LogP contribution < -0.4 is 69.2 Å². The van der Waals surface area contributed by atoms with Crippen molar-refractivity contribution in [2.45, 2.75) is 226 Å². The Hall–Kier alpha value is -8.47. The molecule has 1 aromatic carbocycles. The van der Waals surface area contributed by atoms with Crippen LogP contribution in [0.1, 0.15) is 153 Å². The second kappa shape index (κ2) is 42.1. The molecule has 1 aliphatic heterocycles. The van der Waals surface area contributed by atoms with Crippen molar-refractivity contribution in [2.75, 3.05) is 12.3 Å². The number of likely N-dealkylation sites (tertiary alicyclic amines) is 1. The van der Waals surface area contributed by atoms with Gasteiger partial charge in [0.1, 0.15) is 72.2 Å². The van der Waals surface area contributed by atoms with Crippen LogP contribution in [0.4, 0.5) is 0 Å². The zero-order valence-corrected chi connectivity index (χ0v) is 60.9. The molecule has 0 radical (unpaired) electrons. The Morgan fingerprint density at radius 3 is 1.31 bits per heavy atom. The molecule has 1 aromatic rings. The number of carboxylic acid groups (broad SMARTS) is 3. The van der Waals surface area contributed by atoms with Crippen molar-refractivity contribution in [1.29, 1.82) is 0 Å². The standard InChI is InChI=1S/C64H104N13O22PS/c1-30(2)22-40(54(84)67-39(64(94)95)19-20-49(79)80)69-55(85)41(23-31(3)4)70-56(86)42(24-32(5)6)71-59(89)46(28-50(81)82)73-58(88)44(26-36-15-17-37(18-16-36)99-100(96,97)98)72-57(87)43(25-33(7)8)74-61(91)47-14-13-21-77(47)63(93)52(35(11)12)76-62(92)51(34(9)10)75-60(90)45(27-48(66)78)68-53(83)38(65)29-101/h15-18,30-35,38-47,51-52,101H,13-14,19-29,65H2,1-12H3,(H2,66,78)(H,67,84)(H,68,83)(H,69,85)(H,70,86)(H,71,89)(H,72,87)(H,73,88)(H,74,91)(H,75,90)(H,76,92)(H,79,80)(H,81,82)(H,94,95)(H2,96,97,98)/t38-,39-,40-,41-,42-,43-,44-,45-,46-,47-,51-,52-/m0/s1. The van der Waals surface area contributed by atoms with Gasteiger partial charge in [0.05, 0.1) is 18.9 Å². The van der Waals surface area contributed by atoms with Crippen LogP contribution in [0, 0.1) is 35.5 Å². The van der Waals surface area contributed by atoms with Crippen molar-refractivity contribution in [3.8, 4) is 5.75 Å². The van der Waals surface area contributed by atoms with Crippen LogP contribution in [0.3, 0.4) is 0 Å². The van der Waals surface area contributed by atoms with Crippen molar-refractivity contribution < 1.29 is 106 Å². The van der Waals surface area contributed by atoms with Crippen molar-refractivity contribution in [2.24, 2.45) is 47.0 Å². The molecule has 1 saturated heterocycles. The van der Waals surface area contributed by atoms with Gasteiger partial charge in [-0.05, 0) is 98.1 Å². The molecule has 0 aromatic heterocycles. The normalized spacial score (nSPS) is 16.4. The Bertz CT molecular complexity index is 3130. The van der Waals surface area contributed by atoms with E-state index in [0.29, 0.717) is 0 Å². The van der Waals surface area contributed by atoms with Gasteiger partial charge in [-0.1, -0.05) is 95.2 Å². The number of hydrogen-bond donors (Lipinski definition) is 18. The summed E-state index contributed by atoms with van der Waals surface area (Å²) < 4.78 is 16.3. The number of phosphoric ester groups is 1. The number of carbonyl (C=O) groups is 15. The first kappa shape index (κ1) is 88.6. The minimum atomic E-state index is -5.06. The maximum absolute atomic E-state index is 14.7. The summed E-state index contributed by atoms with van der Waals surface area (Å²) in [6.45, 7) is 20.0. The molecule has 1 fully saturated rings. The van der Waals surface area contributed by atoms with Crippen LogP contribution >= 0.6 is 20.5 Å². The highest BCUT2D eigenvalue weighted by Gasteiger charge is 2.43. The molecule has 12 atom stereocenters. The molecule has 0 spiro atoms. The molecule has 1 heterocycles. The maximum Gasteiger partial charge on any atom is 0.524 e. The highest BCUT2D eigenvalue weighted by Crippen LogP contribution is 2.37. The minimum Gasteiger partial charge on any atom is -0.481 e. The lowest BCUT2D eigenvalue weighted by molar-refractivity contribution is -0.144. The average Bonchev–Trinajstić information content (AvgIpc) is 1.75. The van der Waals surface area contributed by atoms with Crippen molar-refractivity contribution in [3.05, 3.63) is 29.8 Å². The van der Waals surface area contributed by atoms with Gasteiger partial charge in [0, 0.05) is 25.1 Å². The van der Waals surface area contributed by atoms with Gasteiger partial charge in [-0.25, -0.2) is 9.36 Å². The molecule has 37 heteroatoms. The van der Waals surface area contributed by atoms with E-state index in [-0.39, 0.29) is 85.8 Å². The zero-order chi connectivity index (χ0) is 77.1. The number of nitrogens with one attached hydrogen (secondary N) is 10. The van der Waals surface area contributed by atoms with Gasteiger partial charge in [0.2, 0.25) is 70.9 Å². The number of amides is 12. The number of carbonyl (C=O) groups excluding carboxylic acids is 12. The summed E-state index contributed by atoms with van der Waals surface area (Å²) in [6.07, 6.45) is -3.29. The van der Waals surface area contributed by atoms with Crippen LogP contribution in [0.25, 0.3) is 0 Å². The third kappa shape index (κ3) is 32.0. The summed E-state index contributed by atoms with van der Waals surface area (Å²) in [5, 5.41) is 54.0. The number of nitrogens with two attached hydrogens (primary N) is 2. The quantitative estimate of drug-likeness (QED) is 0.0264. The third-order valence-corrected chi connectivity index (χ3v) is 16.6. The lowest BCUT2D eigenvalue weighted by atomic mass is 9.98. The van der Waals surface area contributed by atoms with Gasteiger partial charge in [-0.3, -0.25) is 76.9 Å². The van der Waals surface area contributed by atoms with Crippen LogP contribution in [0.5, 0.6) is 5.75 Å². The largest absolute Gasteiger partial charge is 0.524 e. The molecule has 19 N–H and O–H groups in total. The first-order valence-electron chi connectivity index (χ1n) is 33.3. The molecule has 2 rings (SSSR count). The first-order valence-corrected chi connectivity index (χ1v) is 35.5. The molecular weight excluding hydrogens is 1370 g/mol. The molecule has 0 aliphatic carbocycles. The van der Waals surface area contributed by atoms with Gasteiger partial charge in [0.25, 0.3) is 0 Å². The van der Waals surface area contributed by atoms with Crippen molar-refractivity contribution in [1.82, 2.24) is 58.1 Å². The van der Waals surface area contributed by atoms with Gasteiger partial charge in [-0.2, -0.15) is 12.6 Å². The van der Waals surface area contributed by atoms with Crippen molar-refractivity contribution in [3.63, 3.8) is 0 Å². The molecule has 0 saturated carbocycles. The SMILES string of the molecule is CC(C)C[C@H](NC(=O)[C@H](CC(C)C)NC(=O)[C@H](CC(C)C)NC(=O)[C@H](CC(=O)O)NC(=O)[C@H](Cc1ccc(OP(=O)(O)O)cc1)NC(=O)[C@H](CC(C)C)NC(=O)[C@@H]1CCCN1C(=O)[C@@H](NC(=O)[C@@H](NC(=O)[C@H](CC(N)=O)NC(=O)[C@@H](N)CS)C(C)C)C(C)C)C(=O)N[C@@H](CCC(=O)O)C(=O)O. The van der Waals surface area contributed by atoms with Crippen LogP contribution in [-0.2, 0) is 82.9 Å². The third-order valence-electron chi connectivity index (χ3n) is 15.7. The van der Waals surface area contributed by atoms with Crippen LogP contribution in [0.15, 0.2) is 24.3 Å². The number of thiol groups is 1. The zero-order valence-electron chi connectivity index (χ0n) is 59.1. The number of primary amides is 1.